The van der Waals surface area contributed by atoms with Gasteiger partial charge in [-0.2, -0.15) is 0 Å². The zero-order valence-electron chi connectivity index (χ0n) is 16.9. The molecule has 0 aliphatic rings. The summed E-state index contributed by atoms with van der Waals surface area (Å²) in [6.45, 7) is 5.43. The average molecular weight is 424 g/mol. The summed E-state index contributed by atoms with van der Waals surface area (Å²) < 4.78 is 42.0. The molecule has 0 amide bonds. The monoisotopic (exact) mass is 423 g/mol. The molecular formula is C20H26FN3O4S. The fraction of sp³-hybridized carbons (Fsp3) is 0.350. The molecule has 9 heteroatoms. The van der Waals surface area contributed by atoms with E-state index in [9.17, 15) is 22.7 Å². The summed E-state index contributed by atoms with van der Waals surface area (Å²) in [4.78, 5) is 15.2. The average Bonchev–Trinajstić information content (AvgIpc) is 2.64. The van der Waals surface area contributed by atoms with Gasteiger partial charge in [0.15, 0.2) is 0 Å². The zero-order chi connectivity index (χ0) is 21.8. The number of nitrogens with one attached hydrogen (secondary N) is 1. The molecule has 0 atom stereocenters. The number of carbonyl (C=O) groups is 1. The molecule has 0 aliphatic carbocycles. The minimum absolute atomic E-state index is 0.0499. The Morgan fingerprint density at radius 2 is 1.83 bits per heavy atom. The highest BCUT2D eigenvalue weighted by atomic mass is 32.2. The van der Waals surface area contributed by atoms with Crippen LogP contribution in [0.3, 0.4) is 0 Å². The maximum absolute atomic E-state index is 13.6. The van der Waals surface area contributed by atoms with E-state index in [1.54, 1.807) is 13.0 Å². The first-order valence-electron chi connectivity index (χ1n) is 9.11. The van der Waals surface area contributed by atoms with E-state index in [4.69, 9.17) is 0 Å². The molecular weight excluding hydrogens is 397 g/mol. The molecule has 0 saturated heterocycles. The van der Waals surface area contributed by atoms with E-state index in [1.807, 2.05) is 30.8 Å². The number of aromatic carboxylic acids is 1. The van der Waals surface area contributed by atoms with Crippen molar-refractivity contribution in [3.05, 3.63) is 53.3 Å². The van der Waals surface area contributed by atoms with Gasteiger partial charge in [-0.3, -0.25) is 4.72 Å². The lowest BCUT2D eigenvalue weighted by Crippen LogP contribution is -2.32. The quantitative estimate of drug-likeness (QED) is 0.644. The van der Waals surface area contributed by atoms with Crippen LogP contribution in [0.5, 0.6) is 0 Å². The van der Waals surface area contributed by atoms with Crippen LogP contribution < -0.4 is 9.62 Å². The van der Waals surface area contributed by atoms with Crippen molar-refractivity contribution in [3.63, 3.8) is 0 Å². The summed E-state index contributed by atoms with van der Waals surface area (Å²) in [5.74, 6) is -1.84. The Hall–Kier alpha value is -2.65. The summed E-state index contributed by atoms with van der Waals surface area (Å²) in [6.07, 6.45) is 0. The molecule has 7 nitrogen and oxygen atoms in total. The van der Waals surface area contributed by atoms with Crippen LogP contribution in [0.25, 0.3) is 0 Å². The summed E-state index contributed by atoms with van der Waals surface area (Å²) in [5.41, 5.74) is 1.02. The number of benzene rings is 2. The SMILES string of the molecule is CCN(CCN(C)C)c1ccc(C(=O)O)cc1NS(=O)(=O)c1cc(F)ccc1C. The second-order valence-electron chi connectivity index (χ2n) is 6.94. The maximum Gasteiger partial charge on any atom is 0.335 e. The molecule has 0 saturated carbocycles. The normalized spacial score (nSPS) is 11.5. The summed E-state index contributed by atoms with van der Waals surface area (Å²) >= 11 is 0. The van der Waals surface area contributed by atoms with Crippen LogP contribution in [-0.4, -0.2) is 58.1 Å². The molecule has 2 rings (SSSR count). The third-order valence-electron chi connectivity index (χ3n) is 4.47. The fourth-order valence-electron chi connectivity index (χ4n) is 2.86. The molecule has 2 aromatic rings. The molecule has 158 valence electrons. The number of halogens is 1. The van der Waals surface area contributed by atoms with Crippen molar-refractivity contribution in [3.8, 4) is 0 Å². The number of hydrogen-bond donors (Lipinski definition) is 2. The van der Waals surface area contributed by atoms with E-state index in [2.05, 4.69) is 4.72 Å². The largest absolute Gasteiger partial charge is 0.478 e. The third-order valence-corrected chi connectivity index (χ3v) is 5.97. The van der Waals surface area contributed by atoms with Gasteiger partial charge in [0.1, 0.15) is 5.82 Å². The molecule has 29 heavy (non-hydrogen) atoms. The Bertz CT molecular complexity index is 993. The Balaban J connectivity index is 2.52. The first kappa shape index (κ1) is 22.6. The second kappa shape index (κ2) is 9.23. The van der Waals surface area contributed by atoms with Gasteiger partial charge in [-0.15, -0.1) is 0 Å². The lowest BCUT2D eigenvalue weighted by atomic mass is 10.1. The van der Waals surface area contributed by atoms with Crippen molar-refractivity contribution in [1.82, 2.24) is 4.90 Å². The van der Waals surface area contributed by atoms with Crippen molar-refractivity contribution in [2.45, 2.75) is 18.7 Å². The van der Waals surface area contributed by atoms with E-state index in [0.29, 0.717) is 24.3 Å². The highest BCUT2D eigenvalue weighted by molar-refractivity contribution is 7.92. The minimum Gasteiger partial charge on any atom is -0.478 e. The van der Waals surface area contributed by atoms with E-state index >= 15 is 0 Å². The molecule has 2 aromatic carbocycles. The molecule has 0 heterocycles. The van der Waals surface area contributed by atoms with E-state index < -0.39 is 21.8 Å². The van der Waals surface area contributed by atoms with Gasteiger partial charge in [-0.25, -0.2) is 17.6 Å². The number of carboxylic acid groups (broad SMARTS) is 1. The van der Waals surface area contributed by atoms with Crippen molar-refractivity contribution in [2.24, 2.45) is 0 Å². The van der Waals surface area contributed by atoms with E-state index in [0.717, 1.165) is 12.6 Å². The number of likely N-dealkylation sites (N-methyl/N-ethyl adjacent to an activating group) is 2. The van der Waals surface area contributed by atoms with Gasteiger partial charge in [0, 0.05) is 19.6 Å². The van der Waals surface area contributed by atoms with E-state index in [-0.39, 0.29) is 16.1 Å². The summed E-state index contributed by atoms with van der Waals surface area (Å²) in [5, 5.41) is 9.32. The van der Waals surface area contributed by atoms with Crippen LogP contribution >= 0.6 is 0 Å². The Morgan fingerprint density at radius 1 is 1.14 bits per heavy atom. The van der Waals surface area contributed by atoms with Crippen molar-refractivity contribution >= 4 is 27.4 Å². The van der Waals surface area contributed by atoms with Gasteiger partial charge in [0.25, 0.3) is 10.0 Å². The van der Waals surface area contributed by atoms with Gasteiger partial charge in [0.2, 0.25) is 0 Å². The second-order valence-corrected chi connectivity index (χ2v) is 8.59. The first-order chi connectivity index (χ1) is 13.5. The van der Waals surface area contributed by atoms with Gasteiger partial charge in [-0.1, -0.05) is 6.07 Å². The minimum atomic E-state index is -4.12. The number of sulfonamides is 1. The number of rotatable bonds is 9. The lowest BCUT2D eigenvalue weighted by molar-refractivity contribution is 0.0697. The molecule has 0 spiro atoms. The van der Waals surface area contributed by atoms with Gasteiger partial charge in [0.05, 0.1) is 21.8 Å². The van der Waals surface area contributed by atoms with Crippen LogP contribution in [0.1, 0.15) is 22.8 Å². The highest BCUT2D eigenvalue weighted by Gasteiger charge is 2.22. The van der Waals surface area contributed by atoms with Gasteiger partial charge >= 0.3 is 5.97 Å². The lowest BCUT2D eigenvalue weighted by Gasteiger charge is -2.27. The zero-order valence-corrected chi connectivity index (χ0v) is 17.8. The number of nitrogens with zero attached hydrogens (tertiary/aromatic N) is 2. The summed E-state index contributed by atoms with van der Waals surface area (Å²) in [7, 11) is -0.268. The number of aryl methyl sites for hydroxylation is 1. The number of anilines is 2. The molecule has 0 unspecified atom stereocenters. The smallest absolute Gasteiger partial charge is 0.335 e. The molecule has 2 N–H and O–H groups in total. The van der Waals surface area contributed by atoms with Crippen LogP contribution in [0.2, 0.25) is 0 Å². The first-order valence-corrected chi connectivity index (χ1v) is 10.6. The Kier molecular flexibility index (Phi) is 7.21. The Morgan fingerprint density at radius 3 is 2.41 bits per heavy atom. The van der Waals surface area contributed by atoms with E-state index in [1.165, 1.54) is 24.3 Å². The predicted molar refractivity (Wildman–Crippen MR) is 112 cm³/mol. The Labute approximate surface area is 170 Å². The molecule has 0 bridgehead atoms. The van der Waals surface area contributed by atoms with Gasteiger partial charge in [-0.05, 0) is 63.8 Å². The standard InChI is InChI=1S/C20H26FN3O4S/c1-5-24(11-10-23(3)4)18-9-7-15(20(25)26)12-17(18)22-29(27,28)19-13-16(21)8-6-14(19)2/h6-9,12-13,22H,5,10-11H2,1-4H3,(H,25,26). The van der Waals surface area contributed by atoms with Crippen LogP contribution in [-0.2, 0) is 10.0 Å². The highest BCUT2D eigenvalue weighted by Crippen LogP contribution is 2.30. The molecule has 0 aliphatic heterocycles. The third kappa shape index (κ3) is 5.68. The number of carboxylic acids is 1. The van der Waals surface area contributed by atoms with Crippen molar-refractivity contribution in [2.75, 3.05) is 43.4 Å². The summed E-state index contributed by atoms with van der Waals surface area (Å²) in [6, 6.07) is 7.81. The van der Waals surface area contributed by atoms with Crippen LogP contribution in [0, 0.1) is 12.7 Å². The topological polar surface area (TPSA) is 89.9 Å². The molecule has 0 aromatic heterocycles. The van der Waals surface area contributed by atoms with Crippen molar-refractivity contribution < 1.29 is 22.7 Å². The molecule has 0 radical (unpaired) electrons. The van der Waals surface area contributed by atoms with Crippen LogP contribution in [0.4, 0.5) is 15.8 Å². The maximum atomic E-state index is 13.6. The molecule has 0 fully saturated rings. The van der Waals surface area contributed by atoms with Crippen molar-refractivity contribution in [1.29, 1.82) is 0 Å². The van der Waals surface area contributed by atoms with Crippen LogP contribution in [0.15, 0.2) is 41.3 Å². The fourth-order valence-corrected chi connectivity index (χ4v) is 4.18. The predicted octanol–water partition coefficient (Wildman–Crippen LogP) is 3.02. The number of hydrogen-bond acceptors (Lipinski definition) is 5. The van der Waals surface area contributed by atoms with Gasteiger partial charge < -0.3 is 14.9 Å².